The minimum absolute atomic E-state index is 0.122. The van der Waals surface area contributed by atoms with Crippen LogP contribution in [0.1, 0.15) is 13.3 Å². The van der Waals surface area contributed by atoms with Crippen molar-refractivity contribution in [1.29, 1.82) is 0 Å². The summed E-state index contributed by atoms with van der Waals surface area (Å²) in [5, 5.41) is 3.05. The van der Waals surface area contributed by atoms with E-state index in [1.165, 1.54) is 6.07 Å². The molecule has 14 heavy (non-hydrogen) atoms. The molecule has 0 aliphatic carbocycles. The number of ether oxygens (including phenoxy) is 1. The number of hydrogen-bond donors (Lipinski definition) is 1. The van der Waals surface area contributed by atoms with Crippen molar-refractivity contribution >= 4 is 5.82 Å². The maximum atomic E-state index is 13.2. The summed E-state index contributed by atoms with van der Waals surface area (Å²) in [4.78, 5) is 3.93. The van der Waals surface area contributed by atoms with Gasteiger partial charge in [-0.1, -0.05) is 0 Å². The van der Waals surface area contributed by atoms with Crippen molar-refractivity contribution in [3.63, 3.8) is 0 Å². The monoisotopic (exact) mass is 196 g/mol. The molecule has 1 aromatic rings. The molecule has 0 saturated carbocycles. The Kier molecular flexibility index (Phi) is 2.63. The smallest absolute Gasteiger partial charge is 0.165 e. The molecule has 1 fully saturated rings. The number of nitrogens with one attached hydrogen (secondary N) is 1. The van der Waals surface area contributed by atoms with Gasteiger partial charge in [0, 0.05) is 12.8 Å². The fourth-order valence-corrected chi connectivity index (χ4v) is 1.59. The molecule has 1 aromatic heterocycles. The third-order valence-corrected chi connectivity index (χ3v) is 2.46. The van der Waals surface area contributed by atoms with Crippen LogP contribution in [0.4, 0.5) is 10.2 Å². The first kappa shape index (κ1) is 9.40. The normalized spacial score (nSPS) is 26.4. The molecule has 76 valence electrons. The van der Waals surface area contributed by atoms with E-state index in [0.29, 0.717) is 5.82 Å². The molecule has 3 nitrogen and oxygen atoms in total. The van der Waals surface area contributed by atoms with Crippen molar-refractivity contribution in [2.45, 2.75) is 25.5 Å². The van der Waals surface area contributed by atoms with E-state index >= 15 is 0 Å². The Bertz CT molecular complexity index is 319. The number of nitrogens with zero attached hydrogens (tertiary/aromatic N) is 1. The molecular weight excluding hydrogens is 183 g/mol. The van der Waals surface area contributed by atoms with Gasteiger partial charge in [-0.2, -0.15) is 0 Å². The van der Waals surface area contributed by atoms with Crippen LogP contribution in [0, 0.1) is 5.82 Å². The predicted molar refractivity (Wildman–Crippen MR) is 51.6 cm³/mol. The first-order valence-electron chi connectivity index (χ1n) is 4.76. The van der Waals surface area contributed by atoms with Gasteiger partial charge in [-0.05, 0) is 25.5 Å². The van der Waals surface area contributed by atoms with E-state index in [4.69, 9.17) is 4.74 Å². The van der Waals surface area contributed by atoms with Gasteiger partial charge in [0.15, 0.2) is 11.6 Å². The van der Waals surface area contributed by atoms with E-state index in [1.54, 1.807) is 12.3 Å². The largest absolute Gasteiger partial charge is 0.376 e. The van der Waals surface area contributed by atoms with E-state index in [-0.39, 0.29) is 18.0 Å². The average molecular weight is 196 g/mol. The summed E-state index contributed by atoms with van der Waals surface area (Å²) >= 11 is 0. The third-order valence-electron chi connectivity index (χ3n) is 2.46. The quantitative estimate of drug-likeness (QED) is 0.783. The molecule has 2 heterocycles. The van der Waals surface area contributed by atoms with Crippen LogP contribution in [-0.4, -0.2) is 23.7 Å². The fraction of sp³-hybridized carbons (Fsp3) is 0.500. The number of rotatable bonds is 2. The van der Waals surface area contributed by atoms with Crippen molar-refractivity contribution in [2.75, 3.05) is 11.9 Å². The highest BCUT2D eigenvalue weighted by Gasteiger charge is 2.24. The van der Waals surface area contributed by atoms with Gasteiger partial charge in [-0.15, -0.1) is 0 Å². The molecule has 0 spiro atoms. The molecule has 2 atom stereocenters. The van der Waals surface area contributed by atoms with Crippen molar-refractivity contribution in [3.8, 4) is 0 Å². The second-order valence-corrected chi connectivity index (χ2v) is 3.45. The zero-order chi connectivity index (χ0) is 9.97. The minimum Gasteiger partial charge on any atom is -0.376 e. The van der Waals surface area contributed by atoms with Crippen LogP contribution in [0.3, 0.4) is 0 Å². The zero-order valence-electron chi connectivity index (χ0n) is 8.03. The molecule has 0 radical (unpaired) electrons. The predicted octanol–water partition coefficient (Wildman–Crippen LogP) is 1.81. The van der Waals surface area contributed by atoms with E-state index in [9.17, 15) is 4.39 Å². The molecule has 0 bridgehead atoms. The standard InChI is InChI=1S/C10H13FN2O/c1-7-9(4-6-14-7)13-10-8(11)3-2-5-12-10/h2-3,5,7,9H,4,6H2,1H3,(H,12,13)/t7-,9-/m1/s1. The van der Waals surface area contributed by atoms with E-state index in [1.807, 2.05) is 6.92 Å². The maximum absolute atomic E-state index is 13.2. The summed E-state index contributed by atoms with van der Waals surface area (Å²) in [7, 11) is 0. The lowest BCUT2D eigenvalue weighted by Crippen LogP contribution is -2.27. The number of anilines is 1. The van der Waals surface area contributed by atoms with Crippen molar-refractivity contribution in [3.05, 3.63) is 24.1 Å². The van der Waals surface area contributed by atoms with Crippen LogP contribution < -0.4 is 5.32 Å². The molecule has 1 saturated heterocycles. The van der Waals surface area contributed by atoms with Gasteiger partial charge in [0.25, 0.3) is 0 Å². The van der Waals surface area contributed by atoms with E-state index in [0.717, 1.165) is 13.0 Å². The summed E-state index contributed by atoms with van der Waals surface area (Å²) < 4.78 is 18.6. The molecule has 0 aromatic carbocycles. The Morgan fingerprint density at radius 1 is 1.64 bits per heavy atom. The SMILES string of the molecule is C[C@H]1OCC[C@H]1Nc1ncccc1F. The Labute approximate surface area is 82.3 Å². The lowest BCUT2D eigenvalue weighted by atomic mass is 10.1. The molecule has 1 aliphatic rings. The Hall–Kier alpha value is -1.16. The molecule has 2 rings (SSSR count). The van der Waals surface area contributed by atoms with Gasteiger partial charge in [0.2, 0.25) is 0 Å². The average Bonchev–Trinajstić information content (AvgIpc) is 2.56. The van der Waals surface area contributed by atoms with E-state index in [2.05, 4.69) is 10.3 Å². The van der Waals surface area contributed by atoms with Crippen LogP contribution >= 0.6 is 0 Å². The topological polar surface area (TPSA) is 34.1 Å². The highest BCUT2D eigenvalue weighted by atomic mass is 19.1. The second-order valence-electron chi connectivity index (χ2n) is 3.45. The summed E-state index contributed by atoms with van der Waals surface area (Å²) in [5.74, 6) is 0.00134. The highest BCUT2D eigenvalue weighted by Crippen LogP contribution is 2.18. The molecular formula is C10H13FN2O. The summed E-state index contributed by atoms with van der Waals surface area (Å²) in [6, 6.07) is 3.14. The lowest BCUT2D eigenvalue weighted by Gasteiger charge is -2.16. The summed E-state index contributed by atoms with van der Waals surface area (Å²) in [6.07, 6.45) is 2.60. The van der Waals surface area contributed by atoms with Crippen LogP contribution in [0.15, 0.2) is 18.3 Å². The minimum atomic E-state index is -0.313. The molecule has 0 amide bonds. The van der Waals surface area contributed by atoms with Crippen LogP contribution in [0.25, 0.3) is 0 Å². The molecule has 1 aliphatic heterocycles. The van der Waals surface area contributed by atoms with Crippen molar-refractivity contribution < 1.29 is 9.13 Å². The number of hydrogen-bond acceptors (Lipinski definition) is 3. The van der Waals surface area contributed by atoms with Crippen LogP contribution in [0.5, 0.6) is 0 Å². The Balaban J connectivity index is 2.07. The van der Waals surface area contributed by atoms with E-state index < -0.39 is 0 Å². The van der Waals surface area contributed by atoms with Crippen molar-refractivity contribution in [1.82, 2.24) is 4.98 Å². The number of halogens is 1. The van der Waals surface area contributed by atoms with Gasteiger partial charge >= 0.3 is 0 Å². The number of pyridine rings is 1. The van der Waals surface area contributed by atoms with Gasteiger partial charge < -0.3 is 10.1 Å². The Morgan fingerprint density at radius 3 is 3.14 bits per heavy atom. The van der Waals surface area contributed by atoms with Gasteiger partial charge in [-0.3, -0.25) is 0 Å². The van der Waals surface area contributed by atoms with Crippen molar-refractivity contribution in [2.24, 2.45) is 0 Å². The van der Waals surface area contributed by atoms with Gasteiger partial charge in [-0.25, -0.2) is 9.37 Å². The van der Waals surface area contributed by atoms with Gasteiger partial charge in [0.1, 0.15) is 0 Å². The third kappa shape index (κ3) is 1.85. The molecule has 4 heteroatoms. The fourth-order valence-electron chi connectivity index (χ4n) is 1.59. The maximum Gasteiger partial charge on any atom is 0.165 e. The number of aromatic nitrogens is 1. The van der Waals surface area contributed by atoms with Gasteiger partial charge in [0.05, 0.1) is 12.1 Å². The zero-order valence-corrected chi connectivity index (χ0v) is 8.03. The molecule has 0 unspecified atom stereocenters. The second kappa shape index (κ2) is 3.92. The highest BCUT2D eigenvalue weighted by molar-refractivity contribution is 5.37. The van der Waals surface area contributed by atoms with Crippen LogP contribution in [-0.2, 0) is 4.74 Å². The van der Waals surface area contributed by atoms with Crippen LogP contribution in [0.2, 0.25) is 0 Å². The first-order valence-corrected chi connectivity index (χ1v) is 4.76. The summed E-state index contributed by atoms with van der Waals surface area (Å²) in [6.45, 7) is 2.71. The summed E-state index contributed by atoms with van der Waals surface area (Å²) in [5.41, 5.74) is 0. The Morgan fingerprint density at radius 2 is 2.50 bits per heavy atom. The lowest BCUT2D eigenvalue weighted by molar-refractivity contribution is 0.121. The first-order chi connectivity index (χ1) is 6.77. The molecule has 1 N–H and O–H groups in total.